The predicted octanol–water partition coefficient (Wildman–Crippen LogP) is 19.6. The molecule has 2 heterocycles. The Balaban J connectivity index is 0.874. The SMILES string of the molecule is C=C/C(=C\c1cn(-c2ccccc2)c2ccccc12)N(c1ccc(-c2ccccc2)cc1)c1ccc(-c2ccc(N(c3ccc(-c4ccccc4)cc3)c3ccc4c(c3)c3ccccc3n4-c3ccccc3)cc2)cc1. The molecule has 360 valence electrons. The lowest BCUT2D eigenvalue weighted by Crippen LogP contribution is -2.15. The van der Waals surface area contributed by atoms with Crippen LogP contribution in [0.4, 0.5) is 28.4 Å². The van der Waals surface area contributed by atoms with Crippen LogP contribution in [0.2, 0.25) is 0 Å². The van der Waals surface area contributed by atoms with Crippen molar-refractivity contribution in [1.29, 1.82) is 0 Å². The molecule has 2 aromatic heterocycles. The fourth-order valence-corrected chi connectivity index (χ4v) is 10.8. The van der Waals surface area contributed by atoms with Gasteiger partial charge in [0.2, 0.25) is 0 Å². The van der Waals surface area contributed by atoms with Gasteiger partial charge >= 0.3 is 0 Å². The molecule has 13 aromatic rings. The van der Waals surface area contributed by atoms with E-state index >= 15 is 0 Å². The monoisotopic (exact) mass is 972 g/mol. The maximum atomic E-state index is 4.41. The standard InChI is InChI=1S/C72H52N4/c1-2-59(49-58-51-73(60-23-11-5-12-24-60)70-29-17-15-27-67(58)70)74(62-39-31-54(32-40-62)52-19-7-3-8-20-52)63-41-35-56(36-42-63)57-37-45-65(46-38-57)75(64-43-33-55(34-44-64)53-21-9-4-10-22-53)66-47-48-72-69(50-66)68-28-16-18-30-71(68)76(72)61-25-13-6-14-26-61/h2-51H,1H2/b59-49+. The van der Waals surface area contributed by atoms with Crippen LogP contribution in [0.15, 0.2) is 310 Å². The van der Waals surface area contributed by atoms with Crippen molar-refractivity contribution in [2.24, 2.45) is 0 Å². The minimum absolute atomic E-state index is 0.959. The van der Waals surface area contributed by atoms with Crippen molar-refractivity contribution in [2.45, 2.75) is 0 Å². The number of rotatable bonds is 13. The van der Waals surface area contributed by atoms with E-state index in [1.54, 1.807) is 0 Å². The van der Waals surface area contributed by atoms with Crippen LogP contribution in [0.1, 0.15) is 5.56 Å². The third-order valence-electron chi connectivity index (χ3n) is 14.5. The maximum absolute atomic E-state index is 4.41. The minimum Gasteiger partial charge on any atom is -0.316 e. The van der Waals surface area contributed by atoms with Crippen LogP contribution < -0.4 is 9.80 Å². The maximum Gasteiger partial charge on any atom is 0.0542 e. The number of para-hydroxylation sites is 4. The number of aromatic nitrogens is 2. The molecule has 0 aliphatic carbocycles. The van der Waals surface area contributed by atoms with Crippen LogP contribution in [-0.2, 0) is 0 Å². The number of fused-ring (bicyclic) bond motifs is 4. The summed E-state index contributed by atoms with van der Waals surface area (Å²) in [6, 6.07) is 102. The van der Waals surface area contributed by atoms with E-state index in [9.17, 15) is 0 Å². The van der Waals surface area contributed by atoms with Crippen molar-refractivity contribution in [1.82, 2.24) is 9.13 Å². The highest BCUT2D eigenvalue weighted by Gasteiger charge is 2.20. The van der Waals surface area contributed by atoms with E-state index in [0.717, 1.165) is 73.3 Å². The fourth-order valence-electron chi connectivity index (χ4n) is 10.8. The molecule has 0 atom stereocenters. The number of anilines is 5. The van der Waals surface area contributed by atoms with E-state index in [0.29, 0.717) is 0 Å². The van der Waals surface area contributed by atoms with Gasteiger partial charge in [0.15, 0.2) is 0 Å². The molecule has 0 unspecified atom stereocenters. The molecule has 0 amide bonds. The summed E-state index contributed by atoms with van der Waals surface area (Å²) in [5, 5.41) is 3.59. The lowest BCUT2D eigenvalue weighted by atomic mass is 10.0. The second-order valence-electron chi connectivity index (χ2n) is 19.1. The molecule has 0 fully saturated rings. The topological polar surface area (TPSA) is 16.3 Å². The van der Waals surface area contributed by atoms with E-state index in [1.165, 1.54) is 43.9 Å². The average Bonchev–Trinajstić information content (AvgIpc) is 4.10. The van der Waals surface area contributed by atoms with E-state index in [1.807, 2.05) is 6.08 Å². The van der Waals surface area contributed by atoms with Crippen LogP contribution in [0.3, 0.4) is 0 Å². The van der Waals surface area contributed by atoms with Crippen molar-refractivity contribution in [3.63, 3.8) is 0 Å². The Kier molecular flexibility index (Phi) is 12.0. The van der Waals surface area contributed by atoms with E-state index in [-0.39, 0.29) is 0 Å². The van der Waals surface area contributed by atoms with Crippen LogP contribution in [0, 0.1) is 0 Å². The Hall–Kier alpha value is -10.2. The number of nitrogens with zero attached hydrogens (tertiary/aromatic N) is 4. The normalized spacial score (nSPS) is 11.6. The molecule has 0 saturated carbocycles. The number of allylic oxidation sites excluding steroid dienone is 1. The fraction of sp³-hybridized carbons (Fsp3) is 0. The summed E-state index contributed by atoms with van der Waals surface area (Å²) in [7, 11) is 0. The molecular formula is C72H52N4. The van der Waals surface area contributed by atoms with Crippen LogP contribution >= 0.6 is 0 Å². The molecule has 76 heavy (non-hydrogen) atoms. The molecule has 11 aromatic carbocycles. The summed E-state index contributed by atoms with van der Waals surface area (Å²) < 4.78 is 4.64. The predicted molar refractivity (Wildman–Crippen MR) is 322 cm³/mol. The van der Waals surface area contributed by atoms with Crippen molar-refractivity contribution < 1.29 is 0 Å². The number of hydrogen-bond acceptors (Lipinski definition) is 2. The number of benzene rings is 11. The van der Waals surface area contributed by atoms with Crippen molar-refractivity contribution in [2.75, 3.05) is 9.80 Å². The summed E-state index contributed by atoms with van der Waals surface area (Å²) in [6.45, 7) is 4.41. The first-order valence-corrected chi connectivity index (χ1v) is 25.9. The Morgan fingerprint density at radius 1 is 0.329 bits per heavy atom. The second kappa shape index (κ2) is 20.0. The number of hydrogen-bond donors (Lipinski definition) is 0. The first kappa shape index (κ1) is 45.7. The van der Waals surface area contributed by atoms with Crippen molar-refractivity contribution >= 4 is 67.2 Å². The molecule has 0 saturated heterocycles. The molecule has 0 radical (unpaired) electrons. The largest absolute Gasteiger partial charge is 0.316 e. The Labute approximate surface area is 443 Å². The summed E-state index contributed by atoms with van der Waals surface area (Å²) in [5.41, 5.74) is 20.1. The summed E-state index contributed by atoms with van der Waals surface area (Å²) >= 11 is 0. The molecule has 4 nitrogen and oxygen atoms in total. The highest BCUT2D eigenvalue weighted by Crippen LogP contribution is 2.42. The van der Waals surface area contributed by atoms with Gasteiger partial charge in [-0.25, -0.2) is 0 Å². The molecule has 4 heteroatoms. The van der Waals surface area contributed by atoms with Gasteiger partial charge in [0.1, 0.15) is 0 Å². The van der Waals surface area contributed by atoms with Gasteiger partial charge in [-0.3, -0.25) is 0 Å². The van der Waals surface area contributed by atoms with Gasteiger partial charge in [0.25, 0.3) is 0 Å². The van der Waals surface area contributed by atoms with Gasteiger partial charge in [-0.15, -0.1) is 0 Å². The third-order valence-corrected chi connectivity index (χ3v) is 14.5. The van der Waals surface area contributed by atoms with Crippen LogP contribution in [-0.4, -0.2) is 9.13 Å². The minimum atomic E-state index is 0.959. The lowest BCUT2D eigenvalue weighted by Gasteiger charge is -2.27. The van der Waals surface area contributed by atoms with Gasteiger partial charge in [0.05, 0.1) is 16.6 Å². The van der Waals surface area contributed by atoms with Gasteiger partial charge in [0, 0.05) is 73.4 Å². The third kappa shape index (κ3) is 8.64. The molecule has 0 aliphatic rings. The van der Waals surface area contributed by atoms with Gasteiger partial charge in [-0.1, -0.05) is 189 Å². The van der Waals surface area contributed by atoms with Gasteiger partial charge in [-0.05, 0) is 149 Å². The molecular weight excluding hydrogens is 921 g/mol. The molecule has 0 N–H and O–H groups in total. The van der Waals surface area contributed by atoms with E-state index in [4.69, 9.17) is 0 Å². The van der Waals surface area contributed by atoms with Crippen molar-refractivity contribution in [3.05, 3.63) is 315 Å². The Morgan fingerprint density at radius 2 is 0.724 bits per heavy atom. The summed E-state index contributed by atoms with van der Waals surface area (Å²) in [5.74, 6) is 0. The van der Waals surface area contributed by atoms with E-state index < -0.39 is 0 Å². The zero-order valence-corrected chi connectivity index (χ0v) is 41.9. The van der Waals surface area contributed by atoms with E-state index in [2.05, 4.69) is 323 Å². The zero-order chi connectivity index (χ0) is 50.8. The van der Waals surface area contributed by atoms with Gasteiger partial charge < -0.3 is 18.9 Å². The average molecular weight is 973 g/mol. The highest BCUT2D eigenvalue weighted by atomic mass is 15.2. The molecule has 13 rings (SSSR count). The quantitative estimate of drug-likeness (QED) is 0.107. The summed E-state index contributed by atoms with van der Waals surface area (Å²) in [6.07, 6.45) is 6.45. The lowest BCUT2D eigenvalue weighted by molar-refractivity contribution is 1.12. The van der Waals surface area contributed by atoms with Gasteiger partial charge in [-0.2, -0.15) is 0 Å². The highest BCUT2D eigenvalue weighted by molar-refractivity contribution is 6.10. The van der Waals surface area contributed by atoms with Crippen LogP contribution in [0.25, 0.3) is 83.5 Å². The second-order valence-corrected chi connectivity index (χ2v) is 19.1. The van der Waals surface area contributed by atoms with Crippen molar-refractivity contribution in [3.8, 4) is 44.8 Å². The molecule has 0 aliphatic heterocycles. The Bertz CT molecular complexity index is 4180. The molecule has 0 bridgehead atoms. The Morgan fingerprint density at radius 3 is 1.24 bits per heavy atom. The zero-order valence-electron chi connectivity index (χ0n) is 41.9. The first-order valence-electron chi connectivity index (χ1n) is 25.9. The molecule has 0 spiro atoms. The summed E-state index contributed by atoms with van der Waals surface area (Å²) in [4.78, 5) is 4.68. The van der Waals surface area contributed by atoms with Crippen LogP contribution in [0.5, 0.6) is 0 Å². The smallest absolute Gasteiger partial charge is 0.0542 e. The first-order chi connectivity index (χ1) is 37.6.